The van der Waals surface area contributed by atoms with Crippen molar-refractivity contribution in [1.82, 2.24) is 5.06 Å². The van der Waals surface area contributed by atoms with Crippen molar-refractivity contribution in [2.75, 3.05) is 32.6 Å². The van der Waals surface area contributed by atoms with Crippen molar-refractivity contribution in [3.63, 3.8) is 0 Å². The molecule has 0 aliphatic carbocycles. The first-order valence-corrected chi connectivity index (χ1v) is 5.03. The van der Waals surface area contributed by atoms with E-state index in [2.05, 4.69) is 36.2 Å². The molecule has 2 rings (SSSR count). The smallest absolute Gasteiger partial charge is 0.144 e. The lowest BCUT2D eigenvalue weighted by atomic mass is 10.1. The molecular weight excluding hydrogens is 188 g/mol. The minimum atomic E-state index is 0.815. The summed E-state index contributed by atoms with van der Waals surface area (Å²) in [6, 6.07) is 8.32. The zero-order valence-corrected chi connectivity index (χ0v) is 9.40. The molecule has 0 aromatic heterocycles. The standard InChI is InChI=1S/C12H16N2O/c1-13(2)15-11-8-10-6-4-5-7-12(10)14(3)9-11/h4-8H,9H2,1-3H3. The molecule has 0 saturated heterocycles. The van der Waals surface area contributed by atoms with Crippen LogP contribution in [0, 0.1) is 0 Å². The van der Waals surface area contributed by atoms with E-state index in [1.54, 1.807) is 5.06 Å². The third kappa shape index (κ3) is 2.13. The van der Waals surface area contributed by atoms with Crippen LogP contribution in [-0.4, -0.2) is 32.8 Å². The van der Waals surface area contributed by atoms with Gasteiger partial charge in [0.1, 0.15) is 5.76 Å². The van der Waals surface area contributed by atoms with Gasteiger partial charge in [0.25, 0.3) is 0 Å². The molecule has 0 radical (unpaired) electrons. The van der Waals surface area contributed by atoms with Crippen molar-refractivity contribution < 1.29 is 4.84 Å². The van der Waals surface area contributed by atoms with Crippen LogP contribution in [0.5, 0.6) is 0 Å². The van der Waals surface area contributed by atoms with Crippen LogP contribution < -0.4 is 4.90 Å². The molecule has 0 spiro atoms. The molecule has 15 heavy (non-hydrogen) atoms. The summed E-state index contributed by atoms with van der Waals surface area (Å²) in [6.45, 7) is 0.815. The van der Waals surface area contributed by atoms with Crippen LogP contribution in [0.1, 0.15) is 5.56 Å². The second-order valence-corrected chi connectivity index (χ2v) is 3.93. The lowest BCUT2D eigenvalue weighted by Gasteiger charge is -2.28. The molecule has 1 aromatic carbocycles. The quantitative estimate of drug-likeness (QED) is 0.685. The van der Waals surface area contributed by atoms with Gasteiger partial charge in [0.15, 0.2) is 0 Å². The summed E-state index contributed by atoms with van der Waals surface area (Å²) < 4.78 is 0. The van der Waals surface area contributed by atoms with E-state index in [9.17, 15) is 0 Å². The maximum atomic E-state index is 5.57. The number of likely N-dealkylation sites (N-methyl/N-ethyl adjacent to an activating group) is 1. The Morgan fingerprint density at radius 1 is 1.27 bits per heavy atom. The summed E-state index contributed by atoms with van der Waals surface area (Å²) >= 11 is 0. The van der Waals surface area contributed by atoms with Crippen LogP contribution in [0.15, 0.2) is 30.0 Å². The van der Waals surface area contributed by atoms with Gasteiger partial charge in [0, 0.05) is 32.4 Å². The van der Waals surface area contributed by atoms with Gasteiger partial charge < -0.3 is 9.74 Å². The Balaban J connectivity index is 2.30. The van der Waals surface area contributed by atoms with E-state index in [1.807, 2.05) is 20.2 Å². The van der Waals surface area contributed by atoms with E-state index in [4.69, 9.17) is 4.84 Å². The highest BCUT2D eigenvalue weighted by Gasteiger charge is 2.15. The molecule has 1 heterocycles. The Kier molecular flexibility index (Phi) is 2.64. The van der Waals surface area contributed by atoms with Gasteiger partial charge in [-0.25, -0.2) is 0 Å². The van der Waals surface area contributed by atoms with Crippen LogP contribution in [-0.2, 0) is 4.84 Å². The van der Waals surface area contributed by atoms with E-state index in [-0.39, 0.29) is 0 Å². The number of hydroxylamine groups is 2. The van der Waals surface area contributed by atoms with Gasteiger partial charge in [0.2, 0.25) is 0 Å². The van der Waals surface area contributed by atoms with Crippen molar-refractivity contribution in [3.8, 4) is 0 Å². The number of benzene rings is 1. The first kappa shape index (κ1) is 10.1. The lowest BCUT2D eigenvalue weighted by Crippen LogP contribution is -2.27. The molecule has 3 heteroatoms. The third-order valence-corrected chi connectivity index (χ3v) is 2.36. The monoisotopic (exact) mass is 204 g/mol. The van der Waals surface area contributed by atoms with Crippen molar-refractivity contribution in [1.29, 1.82) is 0 Å². The number of fused-ring (bicyclic) bond motifs is 1. The normalized spacial score (nSPS) is 14.9. The fourth-order valence-corrected chi connectivity index (χ4v) is 1.78. The molecule has 0 atom stereocenters. The minimum absolute atomic E-state index is 0.815. The van der Waals surface area contributed by atoms with Crippen LogP contribution in [0.25, 0.3) is 6.08 Å². The maximum Gasteiger partial charge on any atom is 0.144 e. The van der Waals surface area contributed by atoms with Crippen LogP contribution in [0.4, 0.5) is 5.69 Å². The van der Waals surface area contributed by atoms with Gasteiger partial charge >= 0.3 is 0 Å². The Hall–Kier alpha value is -1.48. The van der Waals surface area contributed by atoms with Crippen molar-refractivity contribution in [2.24, 2.45) is 0 Å². The van der Waals surface area contributed by atoms with Crippen LogP contribution in [0.3, 0.4) is 0 Å². The Labute approximate surface area is 90.5 Å². The lowest BCUT2D eigenvalue weighted by molar-refractivity contribution is -0.0728. The molecule has 0 N–H and O–H groups in total. The first-order valence-electron chi connectivity index (χ1n) is 5.03. The average Bonchev–Trinajstić information content (AvgIpc) is 2.16. The number of para-hydroxylation sites is 1. The summed E-state index contributed by atoms with van der Waals surface area (Å²) in [5.41, 5.74) is 2.46. The molecule has 0 fully saturated rings. The van der Waals surface area contributed by atoms with Crippen LogP contribution in [0.2, 0.25) is 0 Å². The molecule has 0 bridgehead atoms. The third-order valence-electron chi connectivity index (χ3n) is 2.36. The Morgan fingerprint density at radius 2 is 2.00 bits per heavy atom. The fraction of sp³-hybridized carbons (Fsp3) is 0.333. The second kappa shape index (κ2) is 3.95. The molecule has 0 amide bonds. The van der Waals surface area contributed by atoms with E-state index >= 15 is 0 Å². The molecule has 1 aliphatic rings. The summed E-state index contributed by atoms with van der Waals surface area (Å²) in [5.74, 6) is 0.973. The van der Waals surface area contributed by atoms with E-state index < -0.39 is 0 Å². The van der Waals surface area contributed by atoms with Gasteiger partial charge in [-0.05, 0) is 12.1 Å². The van der Waals surface area contributed by atoms with E-state index in [0.29, 0.717) is 0 Å². The number of hydrogen-bond donors (Lipinski definition) is 0. The second-order valence-electron chi connectivity index (χ2n) is 3.93. The first-order chi connectivity index (χ1) is 7.16. The maximum absolute atomic E-state index is 5.57. The van der Waals surface area contributed by atoms with Gasteiger partial charge in [-0.1, -0.05) is 18.2 Å². The zero-order valence-electron chi connectivity index (χ0n) is 9.40. The highest BCUT2D eigenvalue weighted by molar-refractivity contribution is 5.72. The molecule has 1 aromatic rings. The SMILES string of the molecule is CN(C)OC1=Cc2ccccc2N(C)C1. The molecule has 0 saturated carbocycles. The van der Waals surface area contributed by atoms with Crippen molar-refractivity contribution in [3.05, 3.63) is 35.6 Å². The van der Waals surface area contributed by atoms with Gasteiger partial charge in [-0.3, -0.25) is 0 Å². The van der Waals surface area contributed by atoms with Gasteiger partial charge in [0.05, 0.1) is 6.54 Å². The number of anilines is 1. The number of nitrogens with zero attached hydrogens (tertiary/aromatic N) is 2. The molecular formula is C12H16N2O. The summed E-state index contributed by atoms with van der Waals surface area (Å²) in [5, 5.41) is 1.72. The Morgan fingerprint density at radius 3 is 2.73 bits per heavy atom. The highest BCUT2D eigenvalue weighted by atomic mass is 16.7. The number of hydrogen-bond acceptors (Lipinski definition) is 3. The predicted molar refractivity (Wildman–Crippen MR) is 62.5 cm³/mol. The fourth-order valence-electron chi connectivity index (χ4n) is 1.78. The van der Waals surface area contributed by atoms with Gasteiger partial charge in [-0.2, -0.15) is 5.06 Å². The van der Waals surface area contributed by atoms with E-state index in [1.165, 1.54) is 11.3 Å². The Bertz CT molecular complexity index is 385. The van der Waals surface area contributed by atoms with Crippen LogP contribution >= 0.6 is 0 Å². The average molecular weight is 204 g/mol. The molecule has 80 valence electrons. The molecule has 3 nitrogen and oxygen atoms in total. The van der Waals surface area contributed by atoms with Crippen molar-refractivity contribution in [2.45, 2.75) is 0 Å². The summed E-state index contributed by atoms with van der Waals surface area (Å²) in [7, 11) is 5.85. The topological polar surface area (TPSA) is 15.7 Å². The van der Waals surface area contributed by atoms with E-state index in [0.717, 1.165) is 12.3 Å². The molecule has 0 unspecified atom stereocenters. The molecule has 1 aliphatic heterocycles. The highest BCUT2D eigenvalue weighted by Crippen LogP contribution is 2.27. The summed E-state index contributed by atoms with van der Waals surface area (Å²) in [6.07, 6.45) is 2.09. The zero-order chi connectivity index (χ0) is 10.8. The minimum Gasteiger partial charge on any atom is -0.409 e. The largest absolute Gasteiger partial charge is 0.409 e. The van der Waals surface area contributed by atoms with Crippen molar-refractivity contribution >= 4 is 11.8 Å². The summed E-state index contributed by atoms with van der Waals surface area (Å²) in [4.78, 5) is 7.76. The predicted octanol–water partition coefficient (Wildman–Crippen LogP) is 1.97. The van der Waals surface area contributed by atoms with Gasteiger partial charge in [-0.15, -0.1) is 0 Å². The number of rotatable bonds is 2.